The summed E-state index contributed by atoms with van der Waals surface area (Å²) >= 11 is 0. The Morgan fingerprint density at radius 2 is 1.79 bits per heavy atom. The highest BCUT2D eigenvalue weighted by Gasteiger charge is 2.13. The van der Waals surface area contributed by atoms with Crippen molar-refractivity contribution in [2.75, 3.05) is 39.8 Å². The molecule has 0 radical (unpaired) electrons. The molecule has 1 aliphatic heterocycles. The average Bonchev–Trinajstić information content (AvgIpc) is 2.64. The van der Waals surface area contributed by atoms with Crippen molar-refractivity contribution < 1.29 is 4.79 Å². The molecule has 0 spiro atoms. The molecule has 0 aromatic heterocycles. The Morgan fingerprint density at radius 1 is 1.12 bits per heavy atom. The molecule has 0 bridgehead atoms. The minimum Gasteiger partial charge on any atom is -0.344 e. The smallest absolute Gasteiger partial charge is 0.222 e. The lowest BCUT2D eigenvalue weighted by Gasteiger charge is -2.28. The average molecular weight is 332 g/mol. The SMILES string of the molecule is CCNCc1ccc(CCC(=O)N(C)CCN2CCCCC2)cc1. The molecule has 1 aromatic rings. The van der Waals surface area contributed by atoms with E-state index < -0.39 is 0 Å². The fourth-order valence-corrected chi connectivity index (χ4v) is 3.13. The van der Waals surface area contributed by atoms with E-state index in [9.17, 15) is 4.79 Å². The summed E-state index contributed by atoms with van der Waals surface area (Å²) in [7, 11) is 1.94. The Balaban J connectivity index is 1.67. The predicted octanol–water partition coefficient (Wildman–Crippen LogP) is 2.67. The van der Waals surface area contributed by atoms with Crippen LogP contribution in [0.4, 0.5) is 0 Å². The molecule has 134 valence electrons. The lowest BCUT2D eigenvalue weighted by molar-refractivity contribution is -0.130. The topological polar surface area (TPSA) is 35.6 Å². The van der Waals surface area contributed by atoms with Crippen LogP contribution in [0.15, 0.2) is 24.3 Å². The van der Waals surface area contributed by atoms with Crippen LogP contribution in [0.25, 0.3) is 0 Å². The molecule has 0 aliphatic carbocycles. The third-order valence-electron chi connectivity index (χ3n) is 4.86. The van der Waals surface area contributed by atoms with Crippen LogP contribution in [0.5, 0.6) is 0 Å². The number of carbonyl (C=O) groups is 1. The molecule has 4 nitrogen and oxygen atoms in total. The van der Waals surface area contributed by atoms with Crippen molar-refractivity contribution in [2.45, 2.75) is 45.6 Å². The fourth-order valence-electron chi connectivity index (χ4n) is 3.13. The van der Waals surface area contributed by atoms with Crippen LogP contribution in [0, 0.1) is 0 Å². The Bertz CT molecular complexity index is 480. The zero-order valence-electron chi connectivity index (χ0n) is 15.4. The van der Waals surface area contributed by atoms with Gasteiger partial charge in [0.05, 0.1) is 0 Å². The highest BCUT2D eigenvalue weighted by molar-refractivity contribution is 5.76. The molecule has 1 N–H and O–H groups in total. The second-order valence-corrected chi connectivity index (χ2v) is 6.81. The minimum absolute atomic E-state index is 0.253. The van der Waals surface area contributed by atoms with Crippen molar-refractivity contribution in [1.29, 1.82) is 0 Å². The van der Waals surface area contributed by atoms with E-state index in [4.69, 9.17) is 0 Å². The maximum Gasteiger partial charge on any atom is 0.222 e. The molecular formula is C20H33N3O. The van der Waals surface area contributed by atoms with Crippen LogP contribution in [-0.4, -0.2) is 55.5 Å². The summed E-state index contributed by atoms with van der Waals surface area (Å²) in [4.78, 5) is 16.7. The minimum atomic E-state index is 0.253. The van der Waals surface area contributed by atoms with Crippen molar-refractivity contribution in [3.05, 3.63) is 35.4 Å². The predicted molar refractivity (Wildman–Crippen MR) is 100 cm³/mol. The second-order valence-electron chi connectivity index (χ2n) is 6.81. The van der Waals surface area contributed by atoms with Crippen molar-refractivity contribution in [3.8, 4) is 0 Å². The van der Waals surface area contributed by atoms with Gasteiger partial charge in [0, 0.05) is 33.1 Å². The maximum absolute atomic E-state index is 12.3. The molecule has 1 aromatic carbocycles. The summed E-state index contributed by atoms with van der Waals surface area (Å²) in [6.45, 7) is 8.26. The zero-order valence-corrected chi connectivity index (χ0v) is 15.4. The summed E-state index contributed by atoms with van der Waals surface area (Å²) in [5.74, 6) is 0.253. The van der Waals surface area contributed by atoms with E-state index in [0.29, 0.717) is 6.42 Å². The number of amides is 1. The summed E-state index contributed by atoms with van der Waals surface area (Å²) in [5, 5.41) is 3.33. The van der Waals surface area contributed by atoms with Crippen LogP contribution in [0.1, 0.15) is 43.7 Å². The third kappa shape index (κ3) is 6.62. The first-order valence-electron chi connectivity index (χ1n) is 9.44. The van der Waals surface area contributed by atoms with Crippen LogP contribution in [0.2, 0.25) is 0 Å². The summed E-state index contributed by atoms with van der Waals surface area (Å²) < 4.78 is 0. The van der Waals surface area contributed by atoms with E-state index >= 15 is 0 Å². The summed E-state index contributed by atoms with van der Waals surface area (Å²) in [6, 6.07) is 8.60. The number of hydrogen-bond donors (Lipinski definition) is 1. The number of hydrogen-bond acceptors (Lipinski definition) is 3. The Labute approximate surface area is 147 Å². The van der Waals surface area contributed by atoms with Gasteiger partial charge in [0.1, 0.15) is 0 Å². The standard InChI is InChI=1S/C20H33N3O/c1-3-21-17-19-9-7-18(8-10-19)11-12-20(24)22(2)15-16-23-13-5-4-6-14-23/h7-10,21H,3-6,11-17H2,1-2H3. The molecule has 0 saturated carbocycles. The van der Waals surface area contributed by atoms with Crippen molar-refractivity contribution >= 4 is 5.91 Å². The van der Waals surface area contributed by atoms with E-state index in [1.54, 1.807) is 0 Å². The van der Waals surface area contributed by atoms with Crippen LogP contribution >= 0.6 is 0 Å². The lowest BCUT2D eigenvalue weighted by Crippen LogP contribution is -2.38. The van der Waals surface area contributed by atoms with Crippen LogP contribution in [-0.2, 0) is 17.8 Å². The molecule has 2 rings (SSSR count). The monoisotopic (exact) mass is 331 g/mol. The maximum atomic E-state index is 12.3. The first-order chi connectivity index (χ1) is 11.7. The van der Waals surface area contributed by atoms with Gasteiger partial charge in [-0.05, 0) is 50.0 Å². The van der Waals surface area contributed by atoms with Gasteiger partial charge in [-0.1, -0.05) is 37.6 Å². The number of carbonyl (C=O) groups excluding carboxylic acids is 1. The number of piperidine rings is 1. The van der Waals surface area contributed by atoms with E-state index in [0.717, 1.165) is 32.6 Å². The molecule has 0 unspecified atom stereocenters. The summed E-state index contributed by atoms with van der Waals surface area (Å²) in [6.07, 6.45) is 5.40. The number of benzene rings is 1. The Kier molecular flexibility index (Phi) is 8.26. The first kappa shape index (κ1) is 18.9. The van der Waals surface area contributed by atoms with E-state index in [1.165, 1.54) is 43.5 Å². The number of nitrogens with one attached hydrogen (secondary N) is 1. The van der Waals surface area contributed by atoms with Gasteiger partial charge in [-0.15, -0.1) is 0 Å². The van der Waals surface area contributed by atoms with Gasteiger partial charge in [-0.3, -0.25) is 4.79 Å². The number of likely N-dealkylation sites (tertiary alicyclic amines) is 1. The molecule has 1 saturated heterocycles. The van der Waals surface area contributed by atoms with E-state index in [-0.39, 0.29) is 5.91 Å². The first-order valence-corrected chi connectivity index (χ1v) is 9.44. The molecule has 1 aliphatic rings. The second kappa shape index (κ2) is 10.5. The molecule has 4 heteroatoms. The van der Waals surface area contributed by atoms with Gasteiger partial charge < -0.3 is 15.1 Å². The van der Waals surface area contributed by atoms with Gasteiger partial charge in [0.2, 0.25) is 5.91 Å². The Hall–Kier alpha value is -1.39. The number of aryl methyl sites for hydroxylation is 1. The van der Waals surface area contributed by atoms with Gasteiger partial charge in [0.15, 0.2) is 0 Å². The highest BCUT2D eigenvalue weighted by Crippen LogP contribution is 2.10. The van der Waals surface area contributed by atoms with Crippen LogP contribution < -0.4 is 5.32 Å². The molecule has 1 heterocycles. The number of likely N-dealkylation sites (N-methyl/N-ethyl adjacent to an activating group) is 1. The third-order valence-corrected chi connectivity index (χ3v) is 4.86. The van der Waals surface area contributed by atoms with Gasteiger partial charge in [-0.25, -0.2) is 0 Å². The Morgan fingerprint density at radius 3 is 2.46 bits per heavy atom. The normalized spacial score (nSPS) is 15.4. The van der Waals surface area contributed by atoms with Crippen molar-refractivity contribution in [1.82, 2.24) is 15.1 Å². The molecule has 0 atom stereocenters. The van der Waals surface area contributed by atoms with Crippen LogP contribution in [0.3, 0.4) is 0 Å². The largest absolute Gasteiger partial charge is 0.344 e. The quantitative estimate of drug-likeness (QED) is 0.756. The van der Waals surface area contributed by atoms with Crippen molar-refractivity contribution in [3.63, 3.8) is 0 Å². The molecule has 24 heavy (non-hydrogen) atoms. The molecule has 1 fully saturated rings. The van der Waals surface area contributed by atoms with E-state index in [1.807, 2.05) is 11.9 Å². The summed E-state index contributed by atoms with van der Waals surface area (Å²) in [5.41, 5.74) is 2.54. The van der Waals surface area contributed by atoms with E-state index in [2.05, 4.69) is 41.4 Å². The number of nitrogens with zero attached hydrogens (tertiary/aromatic N) is 2. The lowest BCUT2D eigenvalue weighted by atomic mass is 10.1. The highest BCUT2D eigenvalue weighted by atomic mass is 16.2. The van der Waals surface area contributed by atoms with Gasteiger partial charge in [0.25, 0.3) is 0 Å². The molecule has 1 amide bonds. The number of rotatable bonds is 9. The van der Waals surface area contributed by atoms with Crippen molar-refractivity contribution in [2.24, 2.45) is 0 Å². The fraction of sp³-hybridized carbons (Fsp3) is 0.650. The van der Waals surface area contributed by atoms with Gasteiger partial charge in [-0.2, -0.15) is 0 Å². The molecular weight excluding hydrogens is 298 g/mol. The van der Waals surface area contributed by atoms with Gasteiger partial charge >= 0.3 is 0 Å². The zero-order chi connectivity index (χ0) is 17.2.